The van der Waals surface area contributed by atoms with Gasteiger partial charge in [0.2, 0.25) is 5.91 Å². The first-order valence-corrected chi connectivity index (χ1v) is 17.0. The number of carboxylic acid groups (broad SMARTS) is 1. The van der Waals surface area contributed by atoms with Crippen LogP contribution in [-0.4, -0.2) is 70.9 Å². The number of nitrogens with zero attached hydrogens (tertiary/aromatic N) is 2. The maximum absolute atomic E-state index is 14.2. The average Bonchev–Trinajstić information content (AvgIpc) is 3.33. The highest BCUT2D eigenvalue weighted by atomic mass is 32.1. The highest BCUT2D eigenvalue weighted by molar-refractivity contribution is 7.15. The van der Waals surface area contributed by atoms with Crippen molar-refractivity contribution in [3.63, 3.8) is 0 Å². The van der Waals surface area contributed by atoms with Crippen LogP contribution in [0.2, 0.25) is 0 Å². The van der Waals surface area contributed by atoms with Crippen molar-refractivity contribution in [3.05, 3.63) is 15.8 Å². The fraction of sp³-hybridized carbons (Fsp3) is 0.706. The number of alkyl carbamates (subject to hydrolysis) is 1. The van der Waals surface area contributed by atoms with Crippen molar-refractivity contribution >= 4 is 41.1 Å². The van der Waals surface area contributed by atoms with Crippen LogP contribution in [0.1, 0.15) is 114 Å². The Balaban J connectivity index is 1.41. The summed E-state index contributed by atoms with van der Waals surface area (Å²) in [4.78, 5) is 55.4. The quantitative estimate of drug-likeness (QED) is 0.332. The standard InChI is InChI=1S/C34H49N3O7S/c1-21-8-10-22(11-9-21)29(38)37(27-18-26(16-17-33(2,3)4)45-28(27)30(39)40)24-14-12-23(13-15-24)35-31(41)43-25-19-36(20-25)32(42)44-34(5,6)7/h18,21-25H,8-15,19-20H2,1-7H3,(H,35,41)(H,39,40)/t21-,22-,23?,24?. The van der Waals surface area contributed by atoms with E-state index in [9.17, 15) is 24.3 Å². The van der Waals surface area contributed by atoms with E-state index in [1.807, 2.05) is 20.8 Å². The summed E-state index contributed by atoms with van der Waals surface area (Å²) >= 11 is 1.12. The molecule has 10 nitrogen and oxygen atoms in total. The number of hydrogen-bond acceptors (Lipinski definition) is 7. The first-order chi connectivity index (χ1) is 21.0. The molecule has 45 heavy (non-hydrogen) atoms. The van der Waals surface area contributed by atoms with Crippen LogP contribution in [0.15, 0.2) is 6.07 Å². The number of likely N-dealkylation sites (tertiary alicyclic amines) is 1. The molecule has 2 saturated carbocycles. The van der Waals surface area contributed by atoms with Gasteiger partial charge in [0, 0.05) is 23.4 Å². The van der Waals surface area contributed by atoms with E-state index in [4.69, 9.17) is 9.47 Å². The zero-order valence-corrected chi connectivity index (χ0v) is 28.6. The van der Waals surface area contributed by atoms with Gasteiger partial charge in [-0.25, -0.2) is 14.4 Å². The van der Waals surface area contributed by atoms with Crippen LogP contribution in [-0.2, 0) is 14.3 Å². The number of amides is 3. The Morgan fingerprint density at radius 2 is 1.60 bits per heavy atom. The van der Waals surface area contributed by atoms with Crippen molar-refractivity contribution in [1.29, 1.82) is 0 Å². The highest BCUT2D eigenvalue weighted by Crippen LogP contribution is 2.39. The topological polar surface area (TPSA) is 125 Å². The van der Waals surface area contributed by atoms with Crippen LogP contribution in [0.4, 0.5) is 15.3 Å². The van der Waals surface area contributed by atoms with Gasteiger partial charge in [0.15, 0.2) is 0 Å². The number of hydrogen-bond donors (Lipinski definition) is 2. The molecule has 248 valence electrons. The number of rotatable bonds is 6. The molecule has 0 bridgehead atoms. The van der Waals surface area contributed by atoms with Gasteiger partial charge in [-0.1, -0.05) is 18.8 Å². The van der Waals surface area contributed by atoms with Crippen molar-refractivity contribution in [1.82, 2.24) is 10.2 Å². The fourth-order valence-corrected chi connectivity index (χ4v) is 6.88. The molecule has 0 radical (unpaired) electrons. The van der Waals surface area contributed by atoms with E-state index in [1.54, 1.807) is 31.7 Å². The Morgan fingerprint density at radius 1 is 0.978 bits per heavy atom. The first kappa shape index (κ1) is 34.6. The molecule has 0 unspecified atom stereocenters. The lowest BCUT2D eigenvalue weighted by Crippen LogP contribution is -2.57. The number of ether oxygens (including phenoxy) is 2. The zero-order valence-electron chi connectivity index (χ0n) is 27.7. The van der Waals surface area contributed by atoms with Gasteiger partial charge in [-0.15, -0.1) is 11.3 Å². The van der Waals surface area contributed by atoms with Crippen molar-refractivity contribution in [2.24, 2.45) is 17.3 Å². The molecule has 11 heteroatoms. The van der Waals surface area contributed by atoms with Gasteiger partial charge >= 0.3 is 18.2 Å². The van der Waals surface area contributed by atoms with E-state index in [-0.39, 0.29) is 40.3 Å². The van der Waals surface area contributed by atoms with E-state index in [0.717, 1.165) is 37.0 Å². The number of aromatic carboxylic acids is 1. The number of anilines is 1. The van der Waals surface area contributed by atoms with E-state index < -0.39 is 23.8 Å². The summed E-state index contributed by atoms with van der Waals surface area (Å²) in [6.45, 7) is 14.2. The van der Waals surface area contributed by atoms with E-state index >= 15 is 0 Å². The fourth-order valence-electron chi connectivity index (χ4n) is 6.04. The van der Waals surface area contributed by atoms with Gasteiger partial charge in [-0.2, -0.15) is 0 Å². The van der Waals surface area contributed by atoms with Crippen molar-refractivity contribution in [2.75, 3.05) is 18.0 Å². The van der Waals surface area contributed by atoms with Gasteiger partial charge in [-0.05, 0) is 105 Å². The Labute approximate surface area is 271 Å². The lowest BCUT2D eigenvalue weighted by atomic mass is 9.81. The molecular formula is C34H49N3O7S. The van der Waals surface area contributed by atoms with Gasteiger partial charge in [0.05, 0.1) is 23.7 Å². The van der Waals surface area contributed by atoms with Crippen LogP contribution in [0.3, 0.4) is 0 Å². The predicted molar refractivity (Wildman–Crippen MR) is 173 cm³/mol. The van der Waals surface area contributed by atoms with Crippen molar-refractivity contribution in [2.45, 2.75) is 124 Å². The number of carbonyl (C=O) groups is 4. The molecule has 3 amide bonds. The smallest absolute Gasteiger partial charge is 0.410 e. The minimum atomic E-state index is -1.06. The SMILES string of the molecule is CC(C)(C)C#Cc1cc(N(C(=O)[C@H]2CC[C@H](C)CC2)C2CCC(NC(=O)OC3CN(C(=O)OC(C)(C)C)C3)CC2)c(C(=O)O)s1. The van der Waals surface area contributed by atoms with Crippen LogP contribution in [0.25, 0.3) is 0 Å². The molecule has 0 aromatic carbocycles. The van der Waals surface area contributed by atoms with Crippen molar-refractivity contribution in [3.8, 4) is 11.8 Å². The second-order valence-corrected chi connectivity index (χ2v) is 15.9. The second kappa shape index (κ2) is 14.0. The maximum atomic E-state index is 14.2. The van der Waals surface area contributed by atoms with Gasteiger partial charge in [0.25, 0.3) is 0 Å². The molecule has 1 aromatic heterocycles. The summed E-state index contributed by atoms with van der Waals surface area (Å²) < 4.78 is 10.9. The number of nitrogens with one attached hydrogen (secondary N) is 1. The minimum Gasteiger partial charge on any atom is -0.477 e. The van der Waals surface area contributed by atoms with E-state index in [1.165, 1.54) is 4.90 Å². The van der Waals surface area contributed by atoms with E-state index in [0.29, 0.717) is 55.3 Å². The summed E-state index contributed by atoms with van der Waals surface area (Å²) in [7, 11) is 0. The normalized spacial score (nSPS) is 24.0. The molecule has 3 fully saturated rings. The van der Waals surface area contributed by atoms with Crippen LogP contribution < -0.4 is 10.2 Å². The Kier molecular flexibility index (Phi) is 10.8. The molecule has 2 aliphatic carbocycles. The third-order valence-electron chi connectivity index (χ3n) is 8.49. The number of carbonyl (C=O) groups excluding carboxylic acids is 3. The molecule has 0 spiro atoms. The molecule has 3 aliphatic rings. The van der Waals surface area contributed by atoms with Gasteiger partial charge in [0.1, 0.15) is 16.6 Å². The molecule has 1 saturated heterocycles. The van der Waals surface area contributed by atoms with Crippen LogP contribution in [0, 0.1) is 29.1 Å². The Bertz CT molecular complexity index is 1310. The molecule has 2 N–H and O–H groups in total. The molecule has 2 heterocycles. The van der Waals surface area contributed by atoms with Crippen molar-refractivity contribution < 1.29 is 33.8 Å². The predicted octanol–water partition coefficient (Wildman–Crippen LogP) is 6.66. The van der Waals surface area contributed by atoms with Crippen LogP contribution >= 0.6 is 11.3 Å². The first-order valence-electron chi connectivity index (χ1n) is 16.2. The summed E-state index contributed by atoms with van der Waals surface area (Å²) in [6, 6.07) is 1.46. The average molecular weight is 644 g/mol. The molecule has 1 aromatic rings. The van der Waals surface area contributed by atoms with Gasteiger partial charge < -0.3 is 29.7 Å². The largest absolute Gasteiger partial charge is 0.477 e. The molecule has 0 atom stereocenters. The third-order valence-corrected chi connectivity index (χ3v) is 9.51. The Hall–Kier alpha value is -3.26. The van der Waals surface area contributed by atoms with E-state index in [2.05, 4.69) is 24.1 Å². The molecule has 1 aliphatic heterocycles. The minimum absolute atomic E-state index is 0.00660. The molecule has 4 rings (SSSR count). The van der Waals surface area contributed by atoms with Crippen LogP contribution in [0.5, 0.6) is 0 Å². The Morgan fingerprint density at radius 3 is 2.16 bits per heavy atom. The summed E-state index contributed by atoms with van der Waals surface area (Å²) in [5.74, 6) is 5.69. The lowest BCUT2D eigenvalue weighted by Gasteiger charge is -2.40. The maximum Gasteiger partial charge on any atom is 0.410 e. The summed E-state index contributed by atoms with van der Waals surface area (Å²) in [5.41, 5.74) is -0.398. The number of thiophene rings is 1. The number of carboxylic acids is 1. The molecular weight excluding hydrogens is 594 g/mol. The van der Waals surface area contributed by atoms with Gasteiger partial charge in [-0.3, -0.25) is 4.79 Å². The highest BCUT2D eigenvalue weighted by Gasteiger charge is 2.39. The monoisotopic (exact) mass is 643 g/mol. The zero-order chi connectivity index (χ0) is 33.1. The summed E-state index contributed by atoms with van der Waals surface area (Å²) in [5, 5.41) is 13.1. The second-order valence-electron chi connectivity index (χ2n) is 14.9. The summed E-state index contributed by atoms with van der Waals surface area (Å²) in [6.07, 6.45) is 4.73. The lowest BCUT2D eigenvalue weighted by molar-refractivity contribution is -0.124. The third kappa shape index (κ3) is 9.62.